The van der Waals surface area contributed by atoms with Crippen molar-refractivity contribution in [3.05, 3.63) is 0 Å². The molecule has 0 fully saturated rings. The highest BCUT2D eigenvalue weighted by atomic mass is 16.6. The molecule has 0 aliphatic carbocycles. The second-order valence-corrected chi connectivity index (χ2v) is 1.94. The third-order valence-corrected chi connectivity index (χ3v) is 0.562. The van der Waals surface area contributed by atoms with Crippen LogP contribution in [0.1, 0.15) is 20.8 Å². The van der Waals surface area contributed by atoms with Crippen LogP contribution in [-0.2, 0) is 4.84 Å². The van der Waals surface area contributed by atoms with Crippen LogP contribution in [0.5, 0.6) is 0 Å². The van der Waals surface area contributed by atoms with Crippen LogP contribution in [0.2, 0.25) is 0 Å². The molecule has 0 spiro atoms. The zero-order valence-corrected chi connectivity index (χ0v) is 5.88. The summed E-state index contributed by atoms with van der Waals surface area (Å²) in [7, 11) is 0. The lowest BCUT2D eigenvalue weighted by Crippen LogP contribution is -1.98. The molecular weight excluding hydrogens is 116 g/mol. The second kappa shape index (κ2) is 3.90. The van der Waals surface area contributed by atoms with Gasteiger partial charge in [0.15, 0.2) is 5.71 Å². The Kier molecular flexibility index (Phi) is 3.45. The highest BCUT2D eigenvalue weighted by molar-refractivity contribution is 5.95. The van der Waals surface area contributed by atoms with Crippen LogP contribution in [0, 0.1) is 11.3 Å². The molecule has 0 saturated heterocycles. The van der Waals surface area contributed by atoms with E-state index in [2.05, 4.69) is 5.16 Å². The maximum Gasteiger partial charge on any atom is 0.153 e. The van der Waals surface area contributed by atoms with E-state index < -0.39 is 0 Å². The van der Waals surface area contributed by atoms with E-state index in [-0.39, 0.29) is 6.10 Å². The molecule has 0 aromatic rings. The van der Waals surface area contributed by atoms with Crippen LogP contribution in [0.3, 0.4) is 0 Å². The van der Waals surface area contributed by atoms with Crippen LogP contribution in [0.4, 0.5) is 0 Å². The molecule has 3 heteroatoms. The summed E-state index contributed by atoms with van der Waals surface area (Å²) in [4.78, 5) is 4.76. The monoisotopic (exact) mass is 126 g/mol. The Hall–Kier alpha value is -1.04. The molecule has 0 aliphatic heterocycles. The predicted molar refractivity (Wildman–Crippen MR) is 34.9 cm³/mol. The largest absolute Gasteiger partial charge is 0.392 e. The maximum atomic E-state index is 8.19. The Morgan fingerprint density at radius 2 is 2.22 bits per heavy atom. The summed E-state index contributed by atoms with van der Waals surface area (Å²) < 4.78 is 0. The van der Waals surface area contributed by atoms with Crippen LogP contribution in [-0.4, -0.2) is 11.8 Å². The SMILES string of the molecule is CC(C#N)=NOC(C)C. The summed E-state index contributed by atoms with van der Waals surface area (Å²) in [6.07, 6.45) is 0.0494. The minimum absolute atomic E-state index is 0.0494. The van der Waals surface area contributed by atoms with E-state index >= 15 is 0 Å². The van der Waals surface area contributed by atoms with E-state index in [1.165, 1.54) is 0 Å². The molecule has 0 aliphatic rings. The van der Waals surface area contributed by atoms with Crippen LogP contribution >= 0.6 is 0 Å². The van der Waals surface area contributed by atoms with E-state index in [0.29, 0.717) is 5.71 Å². The fourth-order valence-electron chi connectivity index (χ4n) is 0.205. The van der Waals surface area contributed by atoms with Gasteiger partial charge in [-0.1, -0.05) is 5.16 Å². The number of hydrogen-bond acceptors (Lipinski definition) is 3. The van der Waals surface area contributed by atoms with Crippen molar-refractivity contribution >= 4 is 5.71 Å². The van der Waals surface area contributed by atoms with Gasteiger partial charge in [-0.15, -0.1) is 0 Å². The third kappa shape index (κ3) is 4.82. The van der Waals surface area contributed by atoms with Crippen molar-refractivity contribution in [3.8, 4) is 6.07 Å². The summed E-state index contributed by atoms with van der Waals surface area (Å²) >= 11 is 0. The van der Waals surface area contributed by atoms with Crippen LogP contribution in [0.25, 0.3) is 0 Å². The van der Waals surface area contributed by atoms with Crippen molar-refractivity contribution < 1.29 is 4.84 Å². The number of hydrogen-bond donors (Lipinski definition) is 0. The van der Waals surface area contributed by atoms with Gasteiger partial charge in [0, 0.05) is 0 Å². The first-order valence-electron chi connectivity index (χ1n) is 2.77. The maximum absolute atomic E-state index is 8.19. The van der Waals surface area contributed by atoms with Crippen molar-refractivity contribution in [2.24, 2.45) is 5.16 Å². The Labute approximate surface area is 54.9 Å². The molecule has 50 valence electrons. The lowest BCUT2D eigenvalue weighted by molar-refractivity contribution is 0.0862. The van der Waals surface area contributed by atoms with Gasteiger partial charge in [0.05, 0.1) is 0 Å². The van der Waals surface area contributed by atoms with Crippen molar-refractivity contribution in [3.63, 3.8) is 0 Å². The van der Waals surface area contributed by atoms with Gasteiger partial charge in [-0.3, -0.25) is 0 Å². The summed E-state index contributed by atoms with van der Waals surface area (Å²) in [5.41, 5.74) is 0.351. The van der Waals surface area contributed by atoms with Gasteiger partial charge in [0.2, 0.25) is 0 Å². The fraction of sp³-hybridized carbons (Fsp3) is 0.667. The van der Waals surface area contributed by atoms with Gasteiger partial charge < -0.3 is 4.84 Å². The summed E-state index contributed by atoms with van der Waals surface area (Å²) in [5.74, 6) is 0. The summed E-state index contributed by atoms with van der Waals surface area (Å²) in [6.45, 7) is 5.31. The van der Waals surface area contributed by atoms with Gasteiger partial charge in [-0.2, -0.15) is 5.26 Å². The third-order valence-electron chi connectivity index (χ3n) is 0.562. The highest BCUT2D eigenvalue weighted by Gasteiger charge is 1.89. The van der Waals surface area contributed by atoms with E-state index in [0.717, 1.165) is 0 Å². The van der Waals surface area contributed by atoms with Crippen molar-refractivity contribution in [2.45, 2.75) is 26.9 Å². The van der Waals surface area contributed by atoms with Gasteiger partial charge in [-0.25, -0.2) is 0 Å². The zero-order valence-electron chi connectivity index (χ0n) is 5.88. The van der Waals surface area contributed by atoms with Crippen molar-refractivity contribution in [1.29, 1.82) is 5.26 Å². The molecule has 0 heterocycles. The van der Waals surface area contributed by atoms with E-state index in [1.807, 2.05) is 19.9 Å². The van der Waals surface area contributed by atoms with Gasteiger partial charge in [0.1, 0.15) is 12.2 Å². The van der Waals surface area contributed by atoms with E-state index in [1.54, 1.807) is 6.92 Å². The molecule has 0 amide bonds. The lowest BCUT2D eigenvalue weighted by Gasteiger charge is -1.99. The first-order chi connectivity index (χ1) is 4.16. The predicted octanol–water partition coefficient (Wildman–Crippen LogP) is 1.31. The topological polar surface area (TPSA) is 45.4 Å². The highest BCUT2D eigenvalue weighted by Crippen LogP contribution is 1.88. The van der Waals surface area contributed by atoms with Crippen LogP contribution < -0.4 is 0 Å². The van der Waals surface area contributed by atoms with Crippen molar-refractivity contribution in [2.75, 3.05) is 0 Å². The first kappa shape index (κ1) is 7.96. The lowest BCUT2D eigenvalue weighted by atomic mass is 10.5. The first-order valence-corrected chi connectivity index (χ1v) is 2.77. The molecule has 0 unspecified atom stereocenters. The molecule has 3 nitrogen and oxygen atoms in total. The number of nitrogens with zero attached hydrogens (tertiary/aromatic N) is 2. The quantitative estimate of drug-likeness (QED) is 0.413. The zero-order chi connectivity index (χ0) is 7.28. The fourth-order valence-corrected chi connectivity index (χ4v) is 0.205. The minimum Gasteiger partial charge on any atom is -0.392 e. The van der Waals surface area contributed by atoms with Crippen LogP contribution in [0.15, 0.2) is 5.16 Å². The number of rotatable bonds is 2. The van der Waals surface area contributed by atoms with Crippen molar-refractivity contribution in [1.82, 2.24) is 0 Å². The molecule has 0 atom stereocenters. The molecule has 0 saturated carbocycles. The Balaban J connectivity index is 3.60. The summed E-state index contributed by atoms with van der Waals surface area (Å²) in [5, 5.41) is 11.7. The average Bonchev–Trinajstić information content (AvgIpc) is 1.83. The van der Waals surface area contributed by atoms with Gasteiger partial charge >= 0.3 is 0 Å². The molecule has 0 radical (unpaired) electrons. The smallest absolute Gasteiger partial charge is 0.153 e. The van der Waals surface area contributed by atoms with Gasteiger partial charge in [-0.05, 0) is 20.8 Å². The molecule has 9 heavy (non-hydrogen) atoms. The average molecular weight is 126 g/mol. The Morgan fingerprint density at radius 1 is 1.67 bits per heavy atom. The van der Waals surface area contributed by atoms with E-state index in [9.17, 15) is 0 Å². The Bertz CT molecular complexity index is 144. The standard InChI is InChI=1S/C6H10N2O/c1-5(2)9-8-6(3)4-7/h5H,1-3H3. The molecule has 0 N–H and O–H groups in total. The van der Waals surface area contributed by atoms with Gasteiger partial charge in [0.25, 0.3) is 0 Å². The van der Waals surface area contributed by atoms with E-state index in [4.69, 9.17) is 10.1 Å². The molecule has 0 aromatic heterocycles. The molecule has 0 bridgehead atoms. The second-order valence-electron chi connectivity index (χ2n) is 1.94. The molecule has 0 rings (SSSR count). The normalized spacial score (nSPS) is 11.2. The Morgan fingerprint density at radius 3 is 2.56 bits per heavy atom. The molecular formula is C6H10N2O. The number of oxime groups is 1. The minimum atomic E-state index is 0.0494. The molecule has 0 aromatic carbocycles. The number of nitriles is 1. The summed E-state index contributed by atoms with van der Waals surface area (Å²) in [6, 6.07) is 1.85.